The number of hydrogen-bond acceptors (Lipinski definition) is 5. The van der Waals surface area contributed by atoms with Crippen LogP contribution in [0.3, 0.4) is 0 Å². The molecule has 1 aromatic heterocycles. The molecule has 0 saturated carbocycles. The van der Waals surface area contributed by atoms with Gasteiger partial charge in [0.2, 0.25) is 5.16 Å². The molecule has 0 bridgehead atoms. The molecule has 0 aliphatic rings. The van der Waals surface area contributed by atoms with Gasteiger partial charge in [-0.3, -0.25) is 0 Å². The minimum absolute atomic E-state index is 0.214. The second kappa shape index (κ2) is 8.77. The Morgan fingerprint density at radius 1 is 1.08 bits per heavy atom. The van der Waals surface area contributed by atoms with Crippen LogP contribution < -0.4 is 4.74 Å². The zero-order valence-electron chi connectivity index (χ0n) is 13.6. The Morgan fingerprint density at radius 3 is 2.54 bits per heavy atom. The van der Waals surface area contributed by atoms with E-state index >= 15 is 0 Å². The van der Waals surface area contributed by atoms with Crippen molar-refractivity contribution in [2.75, 3.05) is 6.26 Å². The molecule has 3 aromatic rings. The number of ether oxygens (including phenoxy) is 1. The van der Waals surface area contributed by atoms with Gasteiger partial charge in [-0.2, -0.15) is 9.78 Å². The molecule has 0 aliphatic carbocycles. The van der Waals surface area contributed by atoms with Crippen molar-refractivity contribution in [2.45, 2.75) is 11.8 Å². The summed E-state index contributed by atoms with van der Waals surface area (Å²) in [7, 11) is 0. The highest BCUT2D eigenvalue weighted by Crippen LogP contribution is 2.30. The minimum Gasteiger partial charge on any atom is -0.486 e. The van der Waals surface area contributed by atoms with E-state index in [1.807, 2.05) is 36.6 Å². The first-order valence-corrected chi connectivity index (χ1v) is 9.80. The number of halogens is 3. The summed E-state index contributed by atoms with van der Waals surface area (Å²) in [6, 6.07) is 12.7. The molecule has 0 aliphatic heterocycles. The Morgan fingerprint density at radius 2 is 1.81 bits per heavy atom. The molecule has 2 aromatic carbocycles. The lowest BCUT2D eigenvalue weighted by Crippen LogP contribution is -2.05. The lowest BCUT2D eigenvalue weighted by atomic mass is 10.2. The summed E-state index contributed by atoms with van der Waals surface area (Å²) < 4.78 is 7.31. The van der Waals surface area contributed by atoms with Crippen molar-refractivity contribution < 1.29 is 4.74 Å². The number of nitrogens with zero attached hydrogens (tertiary/aromatic N) is 4. The Hall–Kier alpha value is -1.73. The predicted molar refractivity (Wildman–Crippen MR) is 107 cm³/mol. The van der Waals surface area contributed by atoms with Crippen molar-refractivity contribution >= 4 is 52.8 Å². The number of thioether (sulfide) groups is 1. The van der Waals surface area contributed by atoms with E-state index in [0.29, 0.717) is 31.6 Å². The second-order valence-electron chi connectivity index (χ2n) is 5.02. The molecule has 3 rings (SSSR count). The largest absolute Gasteiger partial charge is 0.486 e. The third-order valence-electron chi connectivity index (χ3n) is 3.35. The van der Waals surface area contributed by atoms with Crippen LogP contribution >= 0.6 is 46.6 Å². The molecule has 0 unspecified atom stereocenters. The Bertz CT molecular complexity index is 931. The normalized spacial score (nSPS) is 11.2. The van der Waals surface area contributed by atoms with Gasteiger partial charge in [-0.15, -0.1) is 10.2 Å². The van der Waals surface area contributed by atoms with Crippen molar-refractivity contribution in [3.63, 3.8) is 0 Å². The number of rotatable bonds is 6. The summed E-state index contributed by atoms with van der Waals surface area (Å²) in [5.41, 5.74) is 0.525. The summed E-state index contributed by atoms with van der Waals surface area (Å²) in [6.07, 6.45) is 3.42. The molecule has 0 amide bonds. The Kier molecular flexibility index (Phi) is 6.43. The molecule has 0 spiro atoms. The topological polar surface area (TPSA) is 52.3 Å². The molecule has 9 heteroatoms. The third-order valence-corrected chi connectivity index (χ3v) is 5.12. The summed E-state index contributed by atoms with van der Waals surface area (Å²) in [5, 5.41) is 14.5. The summed E-state index contributed by atoms with van der Waals surface area (Å²) in [6.45, 7) is 0.214. The van der Waals surface area contributed by atoms with E-state index in [1.54, 1.807) is 16.8 Å². The van der Waals surface area contributed by atoms with Crippen LogP contribution in [0.5, 0.6) is 5.75 Å². The highest BCUT2D eigenvalue weighted by Gasteiger charge is 2.13. The summed E-state index contributed by atoms with van der Waals surface area (Å²) >= 11 is 19.9. The number of aromatic nitrogens is 3. The molecule has 5 nitrogen and oxygen atoms in total. The van der Waals surface area contributed by atoms with E-state index in [4.69, 9.17) is 39.5 Å². The lowest BCUT2D eigenvalue weighted by molar-refractivity contribution is 0.290. The third kappa shape index (κ3) is 4.32. The molecule has 0 saturated heterocycles. The zero-order chi connectivity index (χ0) is 18.5. The predicted octanol–water partition coefficient (Wildman–Crippen LogP) is 5.42. The van der Waals surface area contributed by atoms with Crippen molar-refractivity contribution in [1.29, 1.82) is 0 Å². The van der Waals surface area contributed by atoms with Gasteiger partial charge in [0.1, 0.15) is 12.4 Å². The van der Waals surface area contributed by atoms with Crippen molar-refractivity contribution in [1.82, 2.24) is 14.9 Å². The van der Waals surface area contributed by atoms with E-state index in [9.17, 15) is 0 Å². The second-order valence-corrected chi connectivity index (χ2v) is 6.98. The van der Waals surface area contributed by atoms with Gasteiger partial charge in [0.25, 0.3) is 0 Å². The number of para-hydroxylation sites is 1. The van der Waals surface area contributed by atoms with Crippen LogP contribution in [0, 0.1) is 0 Å². The van der Waals surface area contributed by atoms with Crippen molar-refractivity contribution in [2.24, 2.45) is 5.10 Å². The van der Waals surface area contributed by atoms with Gasteiger partial charge in [-0.05, 0) is 30.5 Å². The molecular formula is C17H13Cl3N4OS. The zero-order valence-corrected chi connectivity index (χ0v) is 16.6. The van der Waals surface area contributed by atoms with Crippen molar-refractivity contribution in [3.8, 4) is 5.75 Å². The molecule has 1 heterocycles. The van der Waals surface area contributed by atoms with Gasteiger partial charge in [0.15, 0.2) is 5.82 Å². The molecule has 0 radical (unpaired) electrons. The van der Waals surface area contributed by atoms with E-state index in [0.717, 1.165) is 5.75 Å². The van der Waals surface area contributed by atoms with Gasteiger partial charge >= 0.3 is 0 Å². The first-order chi connectivity index (χ1) is 12.6. The fourth-order valence-corrected chi connectivity index (χ4v) is 3.15. The average molecular weight is 428 g/mol. The highest BCUT2D eigenvalue weighted by molar-refractivity contribution is 7.98. The van der Waals surface area contributed by atoms with Crippen LogP contribution in [-0.4, -0.2) is 27.3 Å². The number of benzene rings is 2. The maximum absolute atomic E-state index is 6.22. The van der Waals surface area contributed by atoms with Gasteiger partial charge in [0, 0.05) is 5.56 Å². The lowest BCUT2D eigenvalue weighted by Gasteiger charge is -2.07. The van der Waals surface area contributed by atoms with E-state index in [2.05, 4.69) is 15.3 Å². The molecule has 0 fully saturated rings. The van der Waals surface area contributed by atoms with Crippen LogP contribution in [-0.2, 0) is 6.61 Å². The molecule has 0 N–H and O–H groups in total. The van der Waals surface area contributed by atoms with Crippen molar-refractivity contribution in [3.05, 3.63) is 68.9 Å². The molecular weight excluding hydrogens is 415 g/mol. The van der Waals surface area contributed by atoms with E-state index < -0.39 is 0 Å². The van der Waals surface area contributed by atoms with Crippen LogP contribution in [0.4, 0.5) is 0 Å². The smallest absolute Gasteiger partial charge is 0.211 e. The monoisotopic (exact) mass is 426 g/mol. The summed E-state index contributed by atoms with van der Waals surface area (Å²) in [4.78, 5) is 0. The minimum atomic E-state index is 0.214. The van der Waals surface area contributed by atoms with Crippen LogP contribution in [0.25, 0.3) is 0 Å². The SMILES string of the molecule is CSc1nnc(COc2ccccc2)n1/N=C\c1c(Cl)ccc(Cl)c1Cl. The maximum atomic E-state index is 6.22. The highest BCUT2D eigenvalue weighted by atomic mass is 35.5. The standard InChI is InChI=1S/C17H13Cl3N4OS/c1-26-17-23-22-15(10-25-11-5-3-2-4-6-11)24(17)21-9-12-13(18)7-8-14(19)16(12)20/h2-9H,10H2,1H3/b21-9-. The van der Waals surface area contributed by atoms with Gasteiger partial charge in [0.05, 0.1) is 21.3 Å². The Labute approximate surface area is 169 Å². The van der Waals surface area contributed by atoms with E-state index in [-0.39, 0.29) is 6.61 Å². The van der Waals surface area contributed by atoms with Crippen LogP contribution in [0.15, 0.2) is 52.7 Å². The average Bonchev–Trinajstić information content (AvgIpc) is 3.06. The number of hydrogen-bond donors (Lipinski definition) is 0. The Balaban J connectivity index is 1.87. The van der Waals surface area contributed by atoms with Crippen LogP contribution in [0.2, 0.25) is 15.1 Å². The molecule has 26 heavy (non-hydrogen) atoms. The van der Waals surface area contributed by atoms with Crippen LogP contribution in [0.1, 0.15) is 11.4 Å². The first-order valence-electron chi connectivity index (χ1n) is 7.44. The molecule has 134 valence electrons. The first kappa shape index (κ1) is 19.0. The quantitative estimate of drug-likeness (QED) is 0.299. The van der Waals surface area contributed by atoms with Gasteiger partial charge in [-0.25, -0.2) is 0 Å². The van der Waals surface area contributed by atoms with E-state index in [1.165, 1.54) is 18.0 Å². The molecule has 0 atom stereocenters. The fourth-order valence-electron chi connectivity index (χ4n) is 2.07. The fraction of sp³-hybridized carbons (Fsp3) is 0.118. The summed E-state index contributed by atoms with van der Waals surface area (Å²) in [5.74, 6) is 1.28. The van der Waals surface area contributed by atoms with Gasteiger partial charge in [-0.1, -0.05) is 64.8 Å². The maximum Gasteiger partial charge on any atom is 0.211 e. The van der Waals surface area contributed by atoms with Gasteiger partial charge < -0.3 is 4.74 Å².